The van der Waals surface area contributed by atoms with Crippen molar-refractivity contribution >= 4 is 40.7 Å². The van der Waals surface area contributed by atoms with Crippen LogP contribution in [0.2, 0.25) is 0 Å². The average Bonchev–Trinajstić information content (AvgIpc) is 3.04. The maximum absolute atomic E-state index is 12.3. The summed E-state index contributed by atoms with van der Waals surface area (Å²) in [5.74, 6) is -0.699. The van der Waals surface area contributed by atoms with Crippen LogP contribution >= 0.6 is 23.1 Å². The zero-order chi connectivity index (χ0) is 14.1. The van der Waals surface area contributed by atoms with Gasteiger partial charge in [-0.1, -0.05) is 18.2 Å². The summed E-state index contributed by atoms with van der Waals surface area (Å²) in [6.07, 6.45) is 0. The van der Waals surface area contributed by atoms with Crippen molar-refractivity contribution in [3.8, 4) is 0 Å². The maximum atomic E-state index is 12.3. The highest BCUT2D eigenvalue weighted by atomic mass is 32.2. The summed E-state index contributed by atoms with van der Waals surface area (Å²) < 4.78 is 0. The number of thioether (sulfide) groups is 1. The van der Waals surface area contributed by atoms with E-state index in [4.69, 9.17) is 5.11 Å². The Morgan fingerprint density at radius 1 is 1.25 bits per heavy atom. The van der Waals surface area contributed by atoms with E-state index in [0.29, 0.717) is 11.4 Å². The van der Waals surface area contributed by atoms with Gasteiger partial charge in [-0.15, -0.1) is 23.1 Å². The molecule has 2 aromatic rings. The number of carboxylic acids is 1. The van der Waals surface area contributed by atoms with Crippen LogP contribution in [0.25, 0.3) is 0 Å². The lowest BCUT2D eigenvalue weighted by molar-refractivity contribution is -0.117. The third-order valence-corrected chi connectivity index (χ3v) is 5.22. The lowest BCUT2D eigenvalue weighted by Crippen LogP contribution is -2.21. The van der Waals surface area contributed by atoms with Crippen molar-refractivity contribution in [3.63, 3.8) is 0 Å². The molecule has 1 aliphatic heterocycles. The van der Waals surface area contributed by atoms with E-state index < -0.39 is 5.97 Å². The van der Waals surface area contributed by atoms with Crippen LogP contribution in [-0.2, 0) is 4.79 Å². The molecule has 20 heavy (non-hydrogen) atoms. The Labute approximate surface area is 123 Å². The highest BCUT2D eigenvalue weighted by Gasteiger charge is 2.29. The highest BCUT2D eigenvalue weighted by Crippen LogP contribution is 2.40. The lowest BCUT2D eigenvalue weighted by atomic mass is 10.0. The predicted octanol–water partition coefficient (Wildman–Crippen LogP) is 3.27. The van der Waals surface area contributed by atoms with Gasteiger partial charge in [-0.25, -0.2) is 4.79 Å². The van der Waals surface area contributed by atoms with Crippen LogP contribution in [0.15, 0.2) is 40.6 Å². The SMILES string of the molecule is O=C(O)c1sccc1NC(=O)C1CSc2ccccc21. The Morgan fingerprint density at radius 3 is 2.85 bits per heavy atom. The molecule has 4 nitrogen and oxygen atoms in total. The summed E-state index contributed by atoms with van der Waals surface area (Å²) in [4.78, 5) is 24.7. The van der Waals surface area contributed by atoms with Crippen molar-refractivity contribution in [3.05, 3.63) is 46.2 Å². The van der Waals surface area contributed by atoms with Crippen LogP contribution in [0.5, 0.6) is 0 Å². The monoisotopic (exact) mass is 305 g/mol. The van der Waals surface area contributed by atoms with Gasteiger partial charge in [0.1, 0.15) is 4.88 Å². The van der Waals surface area contributed by atoms with Gasteiger partial charge >= 0.3 is 5.97 Å². The number of hydrogen-bond acceptors (Lipinski definition) is 4. The Morgan fingerprint density at radius 2 is 2.05 bits per heavy atom. The van der Waals surface area contributed by atoms with Gasteiger partial charge in [0.2, 0.25) is 5.91 Å². The van der Waals surface area contributed by atoms with E-state index in [1.807, 2.05) is 24.3 Å². The number of carbonyl (C=O) groups is 2. The Bertz CT molecular complexity index is 681. The number of thiophene rings is 1. The highest BCUT2D eigenvalue weighted by molar-refractivity contribution is 7.99. The van der Waals surface area contributed by atoms with Crippen LogP contribution in [0.3, 0.4) is 0 Å². The molecule has 1 aromatic heterocycles. The summed E-state index contributed by atoms with van der Waals surface area (Å²) >= 11 is 2.76. The zero-order valence-corrected chi connectivity index (χ0v) is 12.0. The molecular formula is C14H11NO3S2. The minimum atomic E-state index is -1.02. The molecule has 0 fully saturated rings. The molecule has 6 heteroatoms. The molecule has 0 radical (unpaired) electrons. The second kappa shape index (κ2) is 5.30. The smallest absolute Gasteiger partial charge is 0.348 e. The number of benzene rings is 1. The van der Waals surface area contributed by atoms with Crippen molar-refractivity contribution in [1.29, 1.82) is 0 Å². The topological polar surface area (TPSA) is 66.4 Å². The Hall–Kier alpha value is -1.79. The number of rotatable bonds is 3. The minimum absolute atomic E-state index is 0.150. The molecule has 1 aliphatic rings. The molecule has 0 spiro atoms. The number of carboxylic acid groups (broad SMARTS) is 1. The summed E-state index contributed by atoms with van der Waals surface area (Å²) in [6, 6.07) is 9.44. The number of amides is 1. The summed E-state index contributed by atoms with van der Waals surface area (Å²) in [5, 5.41) is 13.4. The summed E-state index contributed by atoms with van der Waals surface area (Å²) in [7, 11) is 0. The molecule has 0 saturated heterocycles. The van der Waals surface area contributed by atoms with Gasteiger partial charge in [0.15, 0.2) is 0 Å². The third kappa shape index (κ3) is 2.32. The van der Waals surface area contributed by atoms with Gasteiger partial charge in [0.05, 0.1) is 11.6 Å². The lowest BCUT2D eigenvalue weighted by Gasteiger charge is -2.11. The van der Waals surface area contributed by atoms with Crippen LogP contribution in [0, 0.1) is 0 Å². The van der Waals surface area contributed by atoms with Crippen molar-refractivity contribution in [2.75, 3.05) is 11.1 Å². The maximum Gasteiger partial charge on any atom is 0.348 e. The number of aromatic carboxylic acids is 1. The van der Waals surface area contributed by atoms with E-state index in [-0.39, 0.29) is 16.7 Å². The second-order valence-electron chi connectivity index (χ2n) is 4.36. The van der Waals surface area contributed by atoms with E-state index in [0.717, 1.165) is 21.8 Å². The van der Waals surface area contributed by atoms with Crippen LogP contribution in [0.4, 0.5) is 5.69 Å². The molecule has 3 rings (SSSR count). The van der Waals surface area contributed by atoms with Gasteiger partial charge in [-0.05, 0) is 23.1 Å². The van der Waals surface area contributed by atoms with E-state index in [1.165, 1.54) is 0 Å². The average molecular weight is 305 g/mol. The molecule has 1 unspecified atom stereocenters. The first-order valence-electron chi connectivity index (χ1n) is 6.00. The fraction of sp³-hybridized carbons (Fsp3) is 0.143. The van der Waals surface area contributed by atoms with Gasteiger partial charge in [0, 0.05) is 10.6 Å². The second-order valence-corrected chi connectivity index (χ2v) is 6.34. The number of anilines is 1. The number of carbonyl (C=O) groups excluding carboxylic acids is 1. The zero-order valence-electron chi connectivity index (χ0n) is 10.3. The van der Waals surface area contributed by atoms with E-state index >= 15 is 0 Å². The quantitative estimate of drug-likeness (QED) is 0.913. The van der Waals surface area contributed by atoms with Crippen LogP contribution < -0.4 is 5.32 Å². The molecule has 2 N–H and O–H groups in total. The van der Waals surface area contributed by atoms with E-state index in [9.17, 15) is 9.59 Å². The van der Waals surface area contributed by atoms with Crippen molar-refractivity contribution < 1.29 is 14.7 Å². The molecule has 0 saturated carbocycles. The van der Waals surface area contributed by atoms with Crippen LogP contribution in [0.1, 0.15) is 21.2 Å². The van der Waals surface area contributed by atoms with Crippen molar-refractivity contribution in [1.82, 2.24) is 0 Å². The predicted molar refractivity (Wildman–Crippen MR) is 79.8 cm³/mol. The van der Waals surface area contributed by atoms with Crippen molar-refractivity contribution in [2.24, 2.45) is 0 Å². The van der Waals surface area contributed by atoms with Gasteiger partial charge in [-0.2, -0.15) is 0 Å². The molecule has 1 atom stereocenters. The number of nitrogens with one attached hydrogen (secondary N) is 1. The molecular weight excluding hydrogens is 294 g/mol. The standard InChI is InChI=1S/C14H11NO3S2/c16-13(15-10-5-6-19-12(10)14(17)18)9-7-20-11-4-2-1-3-8(9)11/h1-6,9H,7H2,(H,15,16)(H,17,18). The molecule has 2 heterocycles. The first-order chi connectivity index (χ1) is 9.66. The molecule has 1 aromatic carbocycles. The van der Waals surface area contributed by atoms with Gasteiger partial charge in [-0.3, -0.25) is 4.79 Å². The fourth-order valence-corrected chi connectivity index (χ4v) is 4.09. The number of hydrogen-bond donors (Lipinski definition) is 2. The summed E-state index contributed by atoms with van der Waals surface area (Å²) in [5.41, 5.74) is 1.39. The van der Waals surface area contributed by atoms with Gasteiger partial charge < -0.3 is 10.4 Å². The minimum Gasteiger partial charge on any atom is -0.477 e. The van der Waals surface area contributed by atoms with Crippen molar-refractivity contribution in [2.45, 2.75) is 10.8 Å². The Balaban J connectivity index is 1.81. The largest absolute Gasteiger partial charge is 0.477 e. The molecule has 0 aliphatic carbocycles. The first-order valence-corrected chi connectivity index (χ1v) is 7.86. The number of fused-ring (bicyclic) bond motifs is 1. The van der Waals surface area contributed by atoms with E-state index in [1.54, 1.807) is 23.2 Å². The Kier molecular flexibility index (Phi) is 3.50. The fourth-order valence-electron chi connectivity index (χ4n) is 2.17. The summed E-state index contributed by atoms with van der Waals surface area (Å²) in [6.45, 7) is 0. The molecule has 0 bridgehead atoms. The first kappa shape index (κ1) is 13.2. The van der Waals surface area contributed by atoms with E-state index in [2.05, 4.69) is 5.32 Å². The third-order valence-electron chi connectivity index (χ3n) is 3.13. The molecule has 102 valence electrons. The van der Waals surface area contributed by atoms with Crippen LogP contribution in [-0.4, -0.2) is 22.7 Å². The normalized spacial score (nSPS) is 16.7. The van der Waals surface area contributed by atoms with Gasteiger partial charge in [0.25, 0.3) is 0 Å². The molecule has 1 amide bonds.